The zero-order valence-corrected chi connectivity index (χ0v) is 12.9. The van der Waals surface area contributed by atoms with Crippen LogP contribution in [-0.2, 0) is 4.79 Å². The zero-order chi connectivity index (χ0) is 13.5. The van der Waals surface area contributed by atoms with Gasteiger partial charge in [-0.2, -0.15) is 0 Å². The number of halogens is 1. The number of hydrogen-bond acceptors (Lipinski definition) is 3. The molecule has 0 spiro atoms. The van der Waals surface area contributed by atoms with Crippen molar-refractivity contribution in [1.82, 2.24) is 5.32 Å². The van der Waals surface area contributed by atoms with Crippen LogP contribution >= 0.6 is 27.7 Å². The number of nitrogens with one attached hydrogen (secondary N) is 1. The normalized spacial score (nSPS) is 12.7. The molecular formula is C13H18BrNO2S. The second kappa shape index (κ2) is 7.81. The molecule has 1 rings (SSSR count). The molecule has 0 aromatic heterocycles. The fourth-order valence-corrected chi connectivity index (χ4v) is 3.11. The molecule has 0 amide bonds. The molecule has 1 atom stereocenters. The molecule has 0 radical (unpaired) electrons. The van der Waals surface area contributed by atoms with Crippen LogP contribution in [0.2, 0.25) is 0 Å². The number of carbonyl (C=O) groups is 1. The van der Waals surface area contributed by atoms with Crippen molar-refractivity contribution < 1.29 is 9.90 Å². The van der Waals surface area contributed by atoms with E-state index in [1.165, 1.54) is 0 Å². The van der Waals surface area contributed by atoms with Gasteiger partial charge in [0.25, 0.3) is 0 Å². The minimum atomic E-state index is -0.781. The van der Waals surface area contributed by atoms with E-state index in [9.17, 15) is 4.79 Å². The topological polar surface area (TPSA) is 49.3 Å². The third kappa shape index (κ3) is 5.42. The van der Waals surface area contributed by atoms with Gasteiger partial charge >= 0.3 is 5.97 Å². The monoisotopic (exact) mass is 331 g/mol. The highest BCUT2D eigenvalue weighted by Gasteiger charge is 2.17. The minimum absolute atomic E-state index is 0.180. The van der Waals surface area contributed by atoms with Crippen LogP contribution in [0, 0.1) is 0 Å². The molecule has 1 unspecified atom stereocenters. The first-order chi connectivity index (χ1) is 8.50. The average Bonchev–Trinajstić information content (AvgIpc) is 2.29. The van der Waals surface area contributed by atoms with E-state index >= 15 is 0 Å². The molecule has 0 bridgehead atoms. The van der Waals surface area contributed by atoms with Crippen molar-refractivity contribution in [3.05, 3.63) is 28.7 Å². The summed E-state index contributed by atoms with van der Waals surface area (Å²) in [5.41, 5.74) is 0. The smallest absolute Gasteiger partial charge is 0.320 e. The highest BCUT2D eigenvalue weighted by Crippen LogP contribution is 2.27. The third-order valence-corrected chi connectivity index (χ3v) is 4.39. The summed E-state index contributed by atoms with van der Waals surface area (Å²) >= 11 is 5.15. The van der Waals surface area contributed by atoms with E-state index < -0.39 is 12.0 Å². The standard InChI is InChI=1S/C13H18BrNO2S/c1-9(2)15-11(13(16)17)7-8-18-12-6-4-3-5-10(12)14/h3-6,9,11,15H,7-8H2,1-2H3,(H,16,17). The number of carboxylic acid groups (broad SMARTS) is 1. The Balaban J connectivity index is 2.44. The van der Waals surface area contributed by atoms with Gasteiger partial charge in [0.05, 0.1) is 0 Å². The van der Waals surface area contributed by atoms with Crippen LogP contribution < -0.4 is 5.32 Å². The molecule has 0 aliphatic rings. The van der Waals surface area contributed by atoms with Gasteiger partial charge in [-0.15, -0.1) is 11.8 Å². The van der Waals surface area contributed by atoms with E-state index in [0.29, 0.717) is 6.42 Å². The third-order valence-electron chi connectivity index (χ3n) is 2.33. The van der Waals surface area contributed by atoms with Crippen molar-refractivity contribution in [3.63, 3.8) is 0 Å². The van der Waals surface area contributed by atoms with Crippen molar-refractivity contribution in [3.8, 4) is 0 Å². The summed E-state index contributed by atoms with van der Waals surface area (Å²) in [6.07, 6.45) is 0.611. The molecule has 0 aliphatic carbocycles. The second-order valence-corrected chi connectivity index (χ2v) is 6.27. The lowest BCUT2D eigenvalue weighted by atomic mass is 10.2. The zero-order valence-electron chi connectivity index (χ0n) is 10.5. The Kier molecular flexibility index (Phi) is 6.75. The van der Waals surface area contributed by atoms with Crippen molar-refractivity contribution in [1.29, 1.82) is 0 Å². The Labute approximate surface area is 120 Å². The van der Waals surface area contributed by atoms with Gasteiger partial charge in [-0.05, 0) is 34.5 Å². The molecule has 0 heterocycles. The molecule has 100 valence electrons. The summed E-state index contributed by atoms with van der Waals surface area (Å²) in [6, 6.07) is 7.67. The van der Waals surface area contributed by atoms with Gasteiger partial charge in [-0.1, -0.05) is 26.0 Å². The lowest BCUT2D eigenvalue weighted by Crippen LogP contribution is -2.41. The first-order valence-corrected chi connectivity index (χ1v) is 7.64. The Morgan fingerprint density at radius 2 is 2.11 bits per heavy atom. The van der Waals surface area contributed by atoms with Gasteiger partial charge in [-0.3, -0.25) is 4.79 Å². The molecule has 5 heteroatoms. The quantitative estimate of drug-likeness (QED) is 0.752. The molecular weight excluding hydrogens is 314 g/mol. The molecule has 1 aromatic carbocycles. The Hall–Kier alpha value is -0.520. The Bertz CT molecular complexity index is 398. The van der Waals surface area contributed by atoms with Gasteiger partial charge in [0.1, 0.15) is 6.04 Å². The van der Waals surface area contributed by atoms with Gasteiger partial charge < -0.3 is 10.4 Å². The molecule has 0 saturated heterocycles. The maximum Gasteiger partial charge on any atom is 0.320 e. The summed E-state index contributed by atoms with van der Waals surface area (Å²) < 4.78 is 1.05. The molecule has 0 saturated carbocycles. The van der Waals surface area contributed by atoms with Crippen molar-refractivity contribution in [2.24, 2.45) is 0 Å². The second-order valence-electron chi connectivity index (χ2n) is 4.28. The van der Waals surface area contributed by atoms with Crippen LogP contribution in [0.15, 0.2) is 33.6 Å². The van der Waals surface area contributed by atoms with Crippen LogP contribution in [0.4, 0.5) is 0 Å². The number of carboxylic acids is 1. The molecule has 0 aliphatic heterocycles. The van der Waals surface area contributed by atoms with E-state index in [1.54, 1.807) is 11.8 Å². The average molecular weight is 332 g/mol. The van der Waals surface area contributed by atoms with Crippen molar-refractivity contribution in [2.45, 2.75) is 37.2 Å². The molecule has 1 aromatic rings. The number of hydrogen-bond donors (Lipinski definition) is 2. The molecule has 18 heavy (non-hydrogen) atoms. The number of benzene rings is 1. The van der Waals surface area contributed by atoms with Crippen molar-refractivity contribution >= 4 is 33.7 Å². The van der Waals surface area contributed by atoms with Gasteiger partial charge in [0.15, 0.2) is 0 Å². The van der Waals surface area contributed by atoms with E-state index in [1.807, 2.05) is 38.1 Å². The van der Waals surface area contributed by atoms with E-state index in [0.717, 1.165) is 15.1 Å². The highest BCUT2D eigenvalue weighted by atomic mass is 79.9. The predicted octanol–water partition coefficient (Wildman–Crippen LogP) is 3.38. The fraction of sp³-hybridized carbons (Fsp3) is 0.462. The first-order valence-electron chi connectivity index (χ1n) is 5.87. The SMILES string of the molecule is CC(C)NC(CCSc1ccccc1Br)C(=O)O. The van der Waals surface area contributed by atoms with Crippen LogP contribution in [0.1, 0.15) is 20.3 Å². The van der Waals surface area contributed by atoms with Crippen LogP contribution in [-0.4, -0.2) is 28.9 Å². The first kappa shape index (κ1) is 15.5. The summed E-state index contributed by atoms with van der Waals surface area (Å²) in [4.78, 5) is 12.2. The minimum Gasteiger partial charge on any atom is -0.480 e. The Morgan fingerprint density at radius 1 is 1.44 bits per heavy atom. The lowest BCUT2D eigenvalue weighted by Gasteiger charge is -2.17. The lowest BCUT2D eigenvalue weighted by molar-refractivity contribution is -0.139. The fourth-order valence-electron chi connectivity index (χ4n) is 1.53. The summed E-state index contributed by atoms with van der Waals surface area (Å²) in [6.45, 7) is 3.91. The number of thioether (sulfide) groups is 1. The van der Waals surface area contributed by atoms with E-state index in [4.69, 9.17) is 5.11 Å². The predicted molar refractivity (Wildman–Crippen MR) is 79.2 cm³/mol. The number of rotatable bonds is 7. The molecule has 2 N–H and O–H groups in total. The van der Waals surface area contributed by atoms with Crippen LogP contribution in [0.3, 0.4) is 0 Å². The van der Waals surface area contributed by atoms with E-state index in [-0.39, 0.29) is 6.04 Å². The van der Waals surface area contributed by atoms with Crippen LogP contribution in [0.5, 0.6) is 0 Å². The molecule has 3 nitrogen and oxygen atoms in total. The van der Waals surface area contributed by atoms with Gasteiger partial charge in [0.2, 0.25) is 0 Å². The summed E-state index contributed by atoms with van der Waals surface area (Å²) in [5.74, 6) is -0.00400. The maximum atomic E-state index is 11.1. The summed E-state index contributed by atoms with van der Waals surface area (Å²) in [5, 5.41) is 12.1. The molecule has 0 fully saturated rings. The Morgan fingerprint density at radius 3 is 2.67 bits per heavy atom. The summed E-state index contributed by atoms with van der Waals surface area (Å²) in [7, 11) is 0. The maximum absolute atomic E-state index is 11.1. The van der Waals surface area contributed by atoms with E-state index in [2.05, 4.69) is 21.2 Å². The van der Waals surface area contributed by atoms with Crippen LogP contribution in [0.25, 0.3) is 0 Å². The van der Waals surface area contributed by atoms with Crippen molar-refractivity contribution in [2.75, 3.05) is 5.75 Å². The van der Waals surface area contributed by atoms with Gasteiger partial charge in [-0.25, -0.2) is 0 Å². The van der Waals surface area contributed by atoms with Gasteiger partial charge in [0, 0.05) is 21.2 Å². The number of aliphatic carboxylic acids is 1. The largest absolute Gasteiger partial charge is 0.480 e. The highest BCUT2D eigenvalue weighted by molar-refractivity contribution is 9.10.